The van der Waals surface area contributed by atoms with Gasteiger partial charge in [0, 0.05) is 34.4 Å². The molecule has 3 aromatic carbocycles. The van der Waals surface area contributed by atoms with Gasteiger partial charge in [0.1, 0.15) is 5.75 Å². The topological polar surface area (TPSA) is 23.5 Å². The van der Waals surface area contributed by atoms with Gasteiger partial charge in [-0.25, -0.2) is 0 Å². The van der Waals surface area contributed by atoms with E-state index in [0.717, 1.165) is 23.1 Å². The molecule has 0 fully saturated rings. The summed E-state index contributed by atoms with van der Waals surface area (Å²) in [4.78, 5) is 1.91. The van der Waals surface area contributed by atoms with Crippen LogP contribution >= 0.6 is 11.6 Å². The Morgan fingerprint density at radius 2 is 1.58 bits per heavy atom. The highest BCUT2D eigenvalue weighted by molar-refractivity contribution is 6.35. The van der Waals surface area contributed by atoms with E-state index in [-0.39, 0.29) is 5.75 Å². The fourth-order valence-electron chi connectivity index (χ4n) is 2.95. The van der Waals surface area contributed by atoms with Crippen molar-refractivity contribution < 1.29 is 18.3 Å². The molecule has 0 aliphatic carbocycles. The second-order valence-corrected chi connectivity index (χ2v) is 6.69. The lowest BCUT2D eigenvalue weighted by Crippen LogP contribution is -2.17. The quantitative estimate of drug-likeness (QED) is 0.614. The number of hydrogen-bond donors (Lipinski definition) is 1. The molecular weight excluding hydrogens is 363 g/mol. The van der Waals surface area contributed by atoms with Crippen molar-refractivity contribution in [1.29, 1.82) is 0 Å². The van der Waals surface area contributed by atoms with Crippen LogP contribution in [0.3, 0.4) is 0 Å². The third-order valence-corrected chi connectivity index (χ3v) is 4.53. The van der Waals surface area contributed by atoms with E-state index in [1.165, 1.54) is 12.1 Å². The van der Waals surface area contributed by atoms with E-state index in [9.17, 15) is 18.3 Å². The van der Waals surface area contributed by atoms with Gasteiger partial charge < -0.3 is 5.11 Å². The van der Waals surface area contributed by atoms with E-state index in [0.29, 0.717) is 29.1 Å². The van der Waals surface area contributed by atoms with Gasteiger partial charge in [-0.1, -0.05) is 48.0 Å². The van der Waals surface area contributed by atoms with Gasteiger partial charge in [-0.15, -0.1) is 0 Å². The molecule has 2 nitrogen and oxygen atoms in total. The predicted octanol–water partition coefficient (Wildman–Crippen LogP) is 5.85. The average molecular weight is 380 g/mol. The number of halogens is 4. The zero-order valence-electron chi connectivity index (χ0n) is 14.0. The molecule has 0 radical (unpaired) electrons. The molecule has 0 aliphatic heterocycles. The Morgan fingerprint density at radius 1 is 0.962 bits per heavy atom. The summed E-state index contributed by atoms with van der Waals surface area (Å²) >= 11 is 6.30. The molecule has 0 unspecified atom stereocenters. The van der Waals surface area contributed by atoms with Gasteiger partial charge >= 0.3 is 6.18 Å². The van der Waals surface area contributed by atoms with Crippen molar-refractivity contribution in [3.05, 3.63) is 76.3 Å². The maximum atomic E-state index is 12.6. The van der Waals surface area contributed by atoms with Crippen LogP contribution in [0.15, 0.2) is 54.6 Å². The Hall–Kier alpha value is -2.24. The first-order valence-corrected chi connectivity index (χ1v) is 8.37. The summed E-state index contributed by atoms with van der Waals surface area (Å²) in [6.45, 7) is 0.861. The molecule has 0 aromatic heterocycles. The van der Waals surface area contributed by atoms with E-state index in [1.807, 2.05) is 30.1 Å². The summed E-state index contributed by atoms with van der Waals surface area (Å²) in [5.41, 5.74) is 0.762. The van der Waals surface area contributed by atoms with Crippen LogP contribution < -0.4 is 0 Å². The van der Waals surface area contributed by atoms with Crippen LogP contribution in [0.2, 0.25) is 5.02 Å². The summed E-state index contributed by atoms with van der Waals surface area (Å²) in [7, 11) is 1.83. The predicted molar refractivity (Wildman–Crippen MR) is 97.2 cm³/mol. The minimum atomic E-state index is -4.34. The van der Waals surface area contributed by atoms with Crippen molar-refractivity contribution in [2.75, 3.05) is 7.05 Å². The van der Waals surface area contributed by atoms with Crippen LogP contribution in [0.25, 0.3) is 10.8 Å². The van der Waals surface area contributed by atoms with Crippen molar-refractivity contribution in [2.24, 2.45) is 0 Å². The lowest BCUT2D eigenvalue weighted by Gasteiger charge is -2.19. The van der Waals surface area contributed by atoms with Gasteiger partial charge in [-0.3, -0.25) is 4.90 Å². The highest BCUT2D eigenvalue weighted by Gasteiger charge is 2.29. The van der Waals surface area contributed by atoms with Crippen LogP contribution in [-0.2, 0) is 19.3 Å². The van der Waals surface area contributed by atoms with Crippen molar-refractivity contribution in [3.63, 3.8) is 0 Å². The lowest BCUT2D eigenvalue weighted by molar-refractivity contribution is -0.137. The van der Waals surface area contributed by atoms with Gasteiger partial charge in [0.2, 0.25) is 0 Å². The molecule has 0 spiro atoms. The zero-order valence-corrected chi connectivity index (χ0v) is 14.8. The molecule has 0 heterocycles. The third kappa shape index (κ3) is 3.94. The number of nitrogens with zero attached hydrogens (tertiary/aromatic N) is 1. The second-order valence-electron chi connectivity index (χ2n) is 6.28. The normalized spacial score (nSPS) is 12.1. The summed E-state index contributed by atoms with van der Waals surface area (Å²) in [6, 6.07) is 14.1. The molecule has 0 saturated heterocycles. The standard InChI is InChI=1S/C20H17ClF3NO/c1-25(11-13-6-8-15(9-7-13)20(22,23)24)12-14-10-18(21)16-4-2-3-5-17(16)19(14)26/h2-10,26H,11-12H2,1H3. The smallest absolute Gasteiger partial charge is 0.416 e. The lowest BCUT2D eigenvalue weighted by atomic mass is 10.0. The minimum Gasteiger partial charge on any atom is -0.507 e. The molecule has 0 bridgehead atoms. The first-order chi connectivity index (χ1) is 12.3. The first-order valence-electron chi connectivity index (χ1n) is 7.99. The van der Waals surface area contributed by atoms with E-state index >= 15 is 0 Å². The molecule has 0 atom stereocenters. The van der Waals surface area contributed by atoms with Gasteiger partial charge in [-0.2, -0.15) is 13.2 Å². The van der Waals surface area contributed by atoms with Gasteiger partial charge in [0.25, 0.3) is 0 Å². The van der Waals surface area contributed by atoms with Crippen LogP contribution in [0, 0.1) is 0 Å². The SMILES string of the molecule is CN(Cc1ccc(C(F)(F)F)cc1)Cc1cc(Cl)c2ccccc2c1O. The van der Waals surface area contributed by atoms with Gasteiger partial charge in [0.15, 0.2) is 0 Å². The Labute approximate surface area is 154 Å². The van der Waals surface area contributed by atoms with Crippen molar-refractivity contribution in [3.8, 4) is 5.75 Å². The molecule has 26 heavy (non-hydrogen) atoms. The van der Waals surface area contributed by atoms with Gasteiger partial charge in [0.05, 0.1) is 5.56 Å². The van der Waals surface area contributed by atoms with E-state index < -0.39 is 11.7 Å². The molecule has 6 heteroatoms. The number of aromatic hydroxyl groups is 1. The summed E-state index contributed by atoms with van der Waals surface area (Å²) < 4.78 is 37.9. The largest absolute Gasteiger partial charge is 0.507 e. The first kappa shape index (κ1) is 18.5. The molecule has 0 amide bonds. The molecule has 3 rings (SSSR count). The highest BCUT2D eigenvalue weighted by atomic mass is 35.5. The maximum Gasteiger partial charge on any atom is 0.416 e. The van der Waals surface area contributed by atoms with Crippen LogP contribution in [0.1, 0.15) is 16.7 Å². The summed E-state index contributed by atoms with van der Waals surface area (Å²) in [5.74, 6) is 0.171. The number of rotatable bonds is 4. The Balaban J connectivity index is 1.77. The number of benzene rings is 3. The monoisotopic (exact) mass is 379 g/mol. The molecule has 0 aliphatic rings. The zero-order chi connectivity index (χ0) is 18.9. The van der Waals surface area contributed by atoms with Crippen molar-refractivity contribution >= 4 is 22.4 Å². The molecular formula is C20H17ClF3NO. The fraction of sp³-hybridized carbons (Fsp3) is 0.200. The number of phenolic OH excluding ortho intramolecular Hbond substituents is 1. The van der Waals surface area contributed by atoms with Crippen molar-refractivity contribution in [1.82, 2.24) is 4.90 Å². The molecule has 0 saturated carbocycles. The summed E-state index contributed by atoms with van der Waals surface area (Å²) in [5, 5.41) is 12.5. The number of phenols is 1. The van der Waals surface area contributed by atoms with E-state index in [1.54, 1.807) is 12.1 Å². The van der Waals surface area contributed by atoms with E-state index in [4.69, 9.17) is 11.6 Å². The number of hydrogen-bond acceptors (Lipinski definition) is 2. The van der Waals surface area contributed by atoms with Crippen LogP contribution in [-0.4, -0.2) is 17.1 Å². The maximum absolute atomic E-state index is 12.6. The molecule has 136 valence electrons. The average Bonchev–Trinajstić information content (AvgIpc) is 2.59. The van der Waals surface area contributed by atoms with Gasteiger partial charge in [-0.05, 0) is 30.8 Å². The Kier molecular flexibility index (Phi) is 5.12. The number of alkyl halides is 3. The third-order valence-electron chi connectivity index (χ3n) is 4.22. The van der Waals surface area contributed by atoms with Crippen LogP contribution in [0.4, 0.5) is 13.2 Å². The van der Waals surface area contributed by atoms with E-state index in [2.05, 4.69) is 0 Å². The number of fused-ring (bicyclic) bond motifs is 1. The molecule has 1 N–H and O–H groups in total. The fourth-order valence-corrected chi connectivity index (χ4v) is 3.24. The second kappa shape index (κ2) is 7.17. The van der Waals surface area contributed by atoms with Crippen molar-refractivity contribution in [2.45, 2.75) is 19.3 Å². The van der Waals surface area contributed by atoms with Crippen LogP contribution in [0.5, 0.6) is 5.75 Å². The minimum absolute atomic E-state index is 0.171. The summed E-state index contributed by atoms with van der Waals surface area (Å²) in [6.07, 6.45) is -4.34. The Morgan fingerprint density at radius 3 is 2.19 bits per heavy atom. The molecule has 3 aromatic rings. The highest BCUT2D eigenvalue weighted by Crippen LogP contribution is 2.35. The Bertz CT molecular complexity index is 923.